The molecule has 1 saturated carbocycles. The van der Waals surface area contributed by atoms with Crippen molar-refractivity contribution in [1.29, 1.82) is 0 Å². The number of hydrogen-bond donors (Lipinski definition) is 3. The summed E-state index contributed by atoms with van der Waals surface area (Å²) in [5.41, 5.74) is 7.85. The van der Waals surface area contributed by atoms with Crippen molar-refractivity contribution in [2.75, 3.05) is 17.6 Å². The average Bonchev–Trinajstić information content (AvgIpc) is 2.50. The number of benzene rings is 1. The molecule has 1 fully saturated rings. The van der Waals surface area contributed by atoms with Crippen molar-refractivity contribution in [2.24, 2.45) is 5.92 Å². The lowest BCUT2D eigenvalue weighted by molar-refractivity contribution is 0.00503. The van der Waals surface area contributed by atoms with E-state index in [0.29, 0.717) is 12.2 Å². The number of hydrogen-bond acceptors (Lipinski definition) is 4. The van der Waals surface area contributed by atoms with E-state index in [1.54, 1.807) is 6.20 Å². The molecule has 112 valence electrons. The first-order valence-electron chi connectivity index (χ1n) is 7.67. The van der Waals surface area contributed by atoms with Crippen molar-refractivity contribution in [2.45, 2.75) is 38.2 Å². The number of nitrogens with zero attached hydrogens (tertiary/aromatic N) is 1. The van der Waals surface area contributed by atoms with Gasteiger partial charge in [-0.05, 0) is 55.9 Å². The predicted octanol–water partition coefficient (Wildman–Crippen LogP) is 3.17. The Hall–Kier alpha value is -1.81. The second kappa shape index (κ2) is 5.53. The van der Waals surface area contributed by atoms with Gasteiger partial charge in [-0.25, -0.2) is 0 Å². The minimum atomic E-state index is -0.595. The molecule has 1 aliphatic rings. The molecule has 0 atom stereocenters. The van der Waals surface area contributed by atoms with Crippen LogP contribution in [0, 0.1) is 5.92 Å². The molecule has 1 aliphatic carbocycles. The van der Waals surface area contributed by atoms with Crippen LogP contribution in [0.25, 0.3) is 10.9 Å². The number of aliphatic hydroxyl groups is 1. The van der Waals surface area contributed by atoms with Crippen LogP contribution in [0.1, 0.15) is 32.6 Å². The first kappa shape index (κ1) is 14.1. The van der Waals surface area contributed by atoms with Gasteiger partial charge < -0.3 is 16.2 Å². The number of nitrogens with one attached hydrogen (secondary N) is 1. The molecule has 21 heavy (non-hydrogen) atoms. The highest BCUT2D eigenvalue weighted by atomic mass is 16.3. The predicted molar refractivity (Wildman–Crippen MR) is 87.2 cm³/mol. The third kappa shape index (κ3) is 2.95. The van der Waals surface area contributed by atoms with Gasteiger partial charge in [0.1, 0.15) is 0 Å². The van der Waals surface area contributed by atoms with Crippen molar-refractivity contribution in [3.8, 4) is 0 Å². The van der Waals surface area contributed by atoms with E-state index >= 15 is 0 Å². The highest BCUT2D eigenvalue weighted by molar-refractivity contribution is 5.98. The number of nitrogens with two attached hydrogens (primary N) is 1. The first-order chi connectivity index (χ1) is 10.1. The number of fused-ring (bicyclic) bond motifs is 1. The summed E-state index contributed by atoms with van der Waals surface area (Å²) in [6, 6.07) is 7.75. The summed E-state index contributed by atoms with van der Waals surface area (Å²) in [4.78, 5) is 4.34. The van der Waals surface area contributed by atoms with Gasteiger partial charge in [-0.3, -0.25) is 4.98 Å². The second-order valence-corrected chi connectivity index (χ2v) is 6.36. The fraction of sp³-hybridized carbons (Fsp3) is 0.471. The molecule has 1 heterocycles. The molecule has 0 saturated heterocycles. The van der Waals surface area contributed by atoms with Gasteiger partial charge in [0.2, 0.25) is 0 Å². The lowest BCUT2D eigenvalue weighted by atomic mass is 9.79. The normalized spacial score (nSPS) is 25.9. The summed E-state index contributed by atoms with van der Waals surface area (Å²) in [6.45, 7) is 2.83. The third-order valence-electron chi connectivity index (χ3n) is 4.61. The first-order valence-corrected chi connectivity index (χ1v) is 7.67. The van der Waals surface area contributed by atoms with E-state index in [-0.39, 0.29) is 0 Å². The molecule has 2 aromatic rings. The summed E-state index contributed by atoms with van der Waals surface area (Å²) in [5.74, 6) is 0.729. The van der Waals surface area contributed by atoms with Crippen molar-refractivity contribution >= 4 is 22.3 Å². The fourth-order valence-corrected chi connectivity index (χ4v) is 3.08. The minimum Gasteiger partial charge on any atom is -0.397 e. The van der Waals surface area contributed by atoms with E-state index in [1.807, 2.05) is 24.3 Å². The van der Waals surface area contributed by atoms with Gasteiger partial charge in [-0.15, -0.1) is 0 Å². The van der Waals surface area contributed by atoms with Crippen molar-refractivity contribution < 1.29 is 5.11 Å². The Bertz CT molecular complexity index is 633. The van der Waals surface area contributed by atoms with E-state index in [1.165, 1.54) is 0 Å². The zero-order chi connectivity index (χ0) is 14.9. The molecule has 0 spiro atoms. The number of aromatic nitrogens is 1. The van der Waals surface area contributed by atoms with Crippen molar-refractivity contribution in [3.63, 3.8) is 0 Å². The standard InChI is InChI=1S/C17H23N3O/c1-12-6-8-17(21,9-7-12)11-20-15-5-4-14(18)16-13(15)3-2-10-19-16/h2-5,10,12,20-21H,6-9,11,18H2,1H3. The maximum Gasteiger partial charge on any atom is 0.0951 e. The monoisotopic (exact) mass is 285 g/mol. The number of anilines is 2. The Kier molecular flexibility index (Phi) is 3.72. The molecule has 0 unspecified atom stereocenters. The summed E-state index contributed by atoms with van der Waals surface area (Å²) < 4.78 is 0. The van der Waals surface area contributed by atoms with Crippen molar-refractivity contribution in [1.82, 2.24) is 4.98 Å². The van der Waals surface area contributed by atoms with Gasteiger partial charge in [-0.1, -0.05) is 6.92 Å². The van der Waals surface area contributed by atoms with Crippen LogP contribution in [0.5, 0.6) is 0 Å². The molecule has 1 aromatic carbocycles. The molecule has 3 rings (SSSR count). The highest BCUT2D eigenvalue weighted by Gasteiger charge is 2.31. The van der Waals surface area contributed by atoms with Crippen LogP contribution in [0.3, 0.4) is 0 Å². The molecule has 0 bridgehead atoms. The Labute approximate surface area is 125 Å². The van der Waals surface area contributed by atoms with E-state index in [0.717, 1.165) is 48.2 Å². The van der Waals surface area contributed by atoms with Crippen LogP contribution in [-0.4, -0.2) is 22.2 Å². The largest absolute Gasteiger partial charge is 0.397 e. The zero-order valence-corrected chi connectivity index (χ0v) is 12.5. The lowest BCUT2D eigenvalue weighted by Crippen LogP contribution is -2.40. The molecule has 4 N–H and O–H groups in total. The quantitative estimate of drug-likeness (QED) is 0.757. The maximum absolute atomic E-state index is 10.7. The van der Waals surface area contributed by atoms with E-state index in [9.17, 15) is 5.11 Å². The molecule has 0 amide bonds. The van der Waals surface area contributed by atoms with Gasteiger partial charge in [0.15, 0.2) is 0 Å². The summed E-state index contributed by atoms with van der Waals surface area (Å²) >= 11 is 0. The smallest absolute Gasteiger partial charge is 0.0951 e. The zero-order valence-electron chi connectivity index (χ0n) is 12.5. The van der Waals surface area contributed by atoms with Gasteiger partial charge in [-0.2, -0.15) is 0 Å². The number of rotatable bonds is 3. The van der Waals surface area contributed by atoms with Crippen LogP contribution in [0.15, 0.2) is 30.5 Å². The number of nitrogen functional groups attached to an aromatic ring is 1. The van der Waals surface area contributed by atoms with E-state index in [2.05, 4.69) is 17.2 Å². The highest BCUT2D eigenvalue weighted by Crippen LogP contribution is 2.33. The van der Waals surface area contributed by atoms with Gasteiger partial charge >= 0.3 is 0 Å². The third-order valence-corrected chi connectivity index (χ3v) is 4.61. The molecule has 4 nitrogen and oxygen atoms in total. The summed E-state index contributed by atoms with van der Waals surface area (Å²) in [5, 5.41) is 15.1. The van der Waals surface area contributed by atoms with E-state index < -0.39 is 5.60 Å². The lowest BCUT2D eigenvalue weighted by Gasteiger charge is -2.35. The van der Waals surface area contributed by atoms with Crippen LogP contribution in [0.4, 0.5) is 11.4 Å². The molecule has 0 radical (unpaired) electrons. The molecular weight excluding hydrogens is 262 g/mol. The van der Waals surface area contributed by atoms with Gasteiger partial charge in [0, 0.05) is 23.8 Å². The topological polar surface area (TPSA) is 71.2 Å². The summed E-state index contributed by atoms with van der Waals surface area (Å²) in [7, 11) is 0. The van der Waals surface area contributed by atoms with Gasteiger partial charge in [0.05, 0.1) is 16.8 Å². The SMILES string of the molecule is CC1CCC(O)(CNc2ccc(N)c3ncccc23)CC1. The van der Waals surface area contributed by atoms with Crippen LogP contribution in [0.2, 0.25) is 0 Å². The minimum absolute atomic E-state index is 0.577. The van der Waals surface area contributed by atoms with Crippen LogP contribution in [-0.2, 0) is 0 Å². The van der Waals surface area contributed by atoms with E-state index in [4.69, 9.17) is 5.73 Å². The van der Waals surface area contributed by atoms with Crippen LogP contribution < -0.4 is 11.1 Å². The van der Waals surface area contributed by atoms with Crippen LogP contribution >= 0.6 is 0 Å². The van der Waals surface area contributed by atoms with Crippen molar-refractivity contribution in [3.05, 3.63) is 30.5 Å². The Balaban J connectivity index is 1.78. The maximum atomic E-state index is 10.7. The summed E-state index contributed by atoms with van der Waals surface area (Å²) in [6.07, 6.45) is 5.68. The molecule has 1 aromatic heterocycles. The van der Waals surface area contributed by atoms with Gasteiger partial charge in [0.25, 0.3) is 0 Å². The Morgan fingerprint density at radius 2 is 2.10 bits per heavy atom. The Morgan fingerprint density at radius 3 is 2.86 bits per heavy atom. The fourth-order valence-electron chi connectivity index (χ4n) is 3.08. The molecule has 4 heteroatoms. The second-order valence-electron chi connectivity index (χ2n) is 6.36. The molecule has 0 aliphatic heterocycles. The number of pyridine rings is 1. The average molecular weight is 285 g/mol. The Morgan fingerprint density at radius 1 is 1.33 bits per heavy atom. The molecular formula is C17H23N3O.